The minimum Gasteiger partial charge on any atom is -0.376 e. The Kier molecular flexibility index (Phi) is 2.93. The number of rotatable bonds is 2. The minimum atomic E-state index is -0.334. The van der Waals surface area contributed by atoms with E-state index >= 15 is 0 Å². The molecule has 0 saturated heterocycles. The van der Waals surface area contributed by atoms with E-state index in [0.29, 0.717) is 25.5 Å². The van der Waals surface area contributed by atoms with Gasteiger partial charge in [0.2, 0.25) is 0 Å². The van der Waals surface area contributed by atoms with Crippen LogP contribution in [0.15, 0.2) is 28.8 Å². The van der Waals surface area contributed by atoms with Crippen molar-refractivity contribution in [3.63, 3.8) is 0 Å². The molecule has 22 heavy (non-hydrogen) atoms. The zero-order valence-corrected chi connectivity index (χ0v) is 12.0. The largest absolute Gasteiger partial charge is 0.376 e. The lowest BCUT2D eigenvalue weighted by atomic mass is 10.1. The number of benzene rings is 1. The molecule has 2 aromatic heterocycles. The number of amides is 1. The number of hydrogen-bond donors (Lipinski definition) is 1. The first kappa shape index (κ1) is 13.0. The first-order valence-corrected chi connectivity index (χ1v) is 7.02. The van der Waals surface area contributed by atoms with Crippen molar-refractivity contribution in [1.82, 2.24) is 14.9 Å². The van der Waals surface area contributed by atoms with Crippen molar-refractivity contribution in [2.75, 3.05) is 11.9 Å². The van der Waals surface area contributed by atoms with Gasteiger partial charge in [0.05, 0.1) is 24.3 Å². The van der Waals surface area contributed by atoms with Crippen molar-refractivity contribution in [3.05, 3.63) is 41.3 Å². The highest BCUT2D eigenvalue weighted by atomic mass is 16.5. The number of carbonyl (C=O) groups excluding carboxylic acids is 1. The van der Waals surface area contributed by atoms with Crippen LogP contribution >= 0.6 is 0 Å². The fraction of sp³-hybridized carbons (Fsp3) is 0.267. The van der Waals surface area contributed by atoms with Gasteiger partial charge in [0, 0.05) is 18.9 Å². The molecule has 0 saturated carbocycles. The highest BCUT2D eigenvalue weighted by Crippen LogP contribution is 2.24. The molecular formula is C15H14N4O3. The number of anilines is 1. The van der Waals surface area contributed by atoms with E-state index in [1.54, 1.807) is 4.68 Å². The van der Waals surface area contributed by atoms with Gasteiger partial charge in [-0.2, -0.15) is 5.10 Å². The number of ether oxygens (including phenoxy) is 1. The summed E-state index contributed by atoms with van der Waals surface area (Å²) in [5.74, 6) is 0.901. The molecule has 3 aromatic rings. The predicted octanol–water partition coefficient (Wildman–Crippen LogP) is 1.89. The Labute approximate surface area is 125 Å². The predicted molar refractivity (Wildman–Crippen MR) is 78.5 cm³/mol. The van der Waals surface area contributed by atoms with Gasteiger partial charge >= 0.3 is 0 Å². The third-order valence-corrected chi connectivity index (χ3v) is 3.79. The first-order chi connectivity index (χ1) is 10.7. The summed E-state index contributed by atoms with van der Waals surface area (Å²) in [6.45, 7) is 0.943. The molecule has 1 aliphatic heterocycles. The maximum absolute atomic E-state index is 12.5. The van der Waals surface area contributed by atoms with Crippen LogP contribution in [0.4, 0.5) is 5.82 Å². The summed E-state index contributed by atoms with van der Waals surface area (Å²) < 4.78 is 12.3. The van der Waals surface area contributed by atoms with E-state index in [9.17, 15) is 4.79 Å². The number of carbonyl (C=O) groups is 1. The molecule has 1 aliphatic rings. The lowest BCUT2D eigenvalue weighted by Gasteiger charge is -2.10. The van der Waals surface area contributed by atoms with Gasteiger partial charge in [-0.3, -0.25) is 9.48 Å². The second-order valence-corrected chi connectivity index (χ2v) is 5.18. The maximum Gasteiger partial charge on any atom is 0.279 e. The Balaban J connectivity index is 1.68. The number of aromatic nitrogens is 3. The Morgan fingerprint density at radius 3 is 3.14 bits per heavy atom. The van der Waals surface area contributed by atoms with Crippen molar-refractivity contribution >= 4 is 22.6 Å². The van der Waals surface area contributed by atoms with E-state index in [-0.39, 0.29) is 11.6 Å². The van der Waals surface area contributed by atoms with Gasteiger partial charge in [-0.25, -0.2) is 0 Å². The number of nitrogens with zero attached hydrogens (tertiary/aromatic N) is 3. The third kappa shape index (κ3) is 1.98. The molecule has 0 bridgehead atoms. The van der Waals surface area contributed by atoms with Crippen LogP contribution in [-0.2, 0) is 24.8 Å². The van der Waals surface area contributed by atoms with Crippen LogP contribution in [0.2, 0.25) is 0 Å². The van der Waals surface area contributed by atoms with Gasteiger partial charge in [0.25, 0.3) is 5.91 Å². The zero-order chi connectivity index (χ0) is 15.1. The average molecular weight is 298 g/mol. The molecule has 1 N–H and O–H groups in total. The Hall–Kier alpha value is -2.67. The quantitative estimate of drug-likeness (QED) is 0.781. The molecule has 1 amide bonds. The Morgan fingerprint density at radius 1 is 1.36 bits per heavy atom. The van der Waals surface area contributed by atoms with Crippen LogP contribution in [0.5, 0.6) is 0 Å². The van der Waals surface area contributed by atoms with E-state index in [0.717, 1.165) is 22.2 Å². The van der Waals surface area contributed by atoms with Crippen LogP contribution in [0.3, 0.4) is 0 Å². The normalized spacial score (nSPS) is 14.0. The molecule has 0 spiro atoms. The molecule has 0 radical (unpaired) electrons. The summed E-state index contributed by atoms with van der Waals surface area (Å²) in [6, 6.07) is 7.70. The molecule has 7 nitrogen and oxygen atoms in total. The van der Waals surface area contributed by atoms with E-state index in [1.807, 2.05) is 31.3 Å². The van der Waals surface area contributed by atoms with Gasteiger partial charge in [0.15, 0.2) is 11.5 Å². The lowest BCUT2D eigenvalue weighted by molar-refractivity contribution is 0.0975. The molecule has 0 aliphatic carbocycles. The number of aryl methyl sites for hydroxylation is 1. The molecular weight excluding hydrogens is 284 g/mol. The second-order valence-electron chi connectivity index (χ2n) is 5.18. The fourth-order valence-electron chi connectivity index (χ4n) is 2.68. The summed E-state index contributed by atoms with van der Waals surface area (Å²) >= 11 is 0. The maximum atomic E-state index is 12.5. The topological polar surface area (TPSA) is 82.2 Å². The van der Waals surface area contributed by atoms with E-state index in [1.165, 1.54) is 0 Å². The zero-order valence-electron chi connectivity index (χ0n) is 12.0. The van der Waals surface area contributed by atoms with E-state index in [4.69, 9.17) is 9.26 Å². The summed E-state index contributed by atoms with van der Waals surface area (Å²) in [4.78, 5) is 12.5. The number of nitrogens with one attached hydrogen (secondary N) is 1. The molecule has 4 rings (SSSR count). The average Bonchev–Trinajstić information content (AvgIpc) is 3.10. The SMILES string of the molecule is Cn1nc(NC(=O)c2noc3c2COCC3)c2ccccc21. The van der Waals surface area contributed by atoms with Crippen molar-refractivity contribution in [3.8, 4) is 0 Å². The third-order valence-electron chi connectivity index (χ3n) is 3.79. The van der Waals surface area contributed by atoms with Gasteiger partial charge in [-0.15, -0.1) is 0 Å². The van der Waals surface area contributed by atoms with E-state index in [2.05, 4.69) is 15.6 Å². The smallest absolute Gasteiger partial charge is 0.279 e. The molecule has 0 unspecified atom stereocenters. The van der Waals surface area contributed by atoms with Gasteiger partial charge in [0.1, 0.15) is 5.76 Å². The van der Waals surface area contributed by atoms with Crippen molar-refractivity contribution in [1.29, 1.82) is 0 Å². The van der Waals surface area contributed by atoms with Crippen LogP contribution in [0, 0.1) is 0 Å². The van der Waals surface area contributed by atoms with Gasteiger partial charge in [-0.05, 0) is 12.1 Å². The standard InChI is InChI=1S/C15H14N4O3/c1-19-11-5-3-2-4-9(11)14(17-19)16-15(20)13-10-8-21-7-6-12(10)22-18-13/h2-5H,6-8H2,1H3,(H,16,17,20). The number of hydrogen-bond acceptors (Lipinski definition) is 5. The number of fused-ring (bicyclic) bond motifs is 2. The summed E-state index contributed by atoms with van der Waals surface area (Å²) in [6.07, 6.45) is 0.641. The number of para-hydroxylation sites is 1. The monoisotopic (exact) mass is 298 g/mol. The van der Waals surface area contributed by atoms with Crippen LogP contribution in [0.1, 0.15) is 21.8 Å². The summed E-state index contributed by atoms with van der Waals surface area (Å²) in [7, 11) is 1.84. The van der Waals surface area contributed by atoms with Crippen LogP contribution in [0.25, 0.3) is 10.9 Å². The highest BCUT2D eigenvalue weighted by Gasteiger charge is 2.25. The van der Waals surface area contributed by atoms with Gasteiger partial charge in [-0.1, -0.05) is 17.3 Å². The second kappa shape index (κ2) is 4.96. The fourth-order valence-corrected chi connectivity index (χ4v) is 2.68. The molecule has 0 fully saturated rings. The molecule has 1 aromatic carbocycles. The first-order valence-electron chi connectivity index (χ1n) is 7.02. The van der Waals surface area contributed by atoms with Crippen molar-refractivity contribution in [2.45, 2.75) is 13.0 Å². The summed E-state index contributed by atoms with van der Waals surface area (Å²) in [5.41, 5.74) is 1.94. The minimum absolute atomic E-state index is 0.268. The summed E-state index contributed by atoms with van der Waals surface area (Å²) in [5, 5.41) is 11.9. The van der Waals surface area contributed by atoms with Crippen molar-refractivity contribution in [2.24, 2.45) is 7.05 Å². The van der Waals surface area contributed by atoms with E-state index < -0.39 is 0 Å². The Bertz CT molecular complexity index is 865. The molecule has 112 valence electrons. The lowest BCUT2D eigenvalue weighted by Crippen LogP contribution is -2.17. The molecule has 3 heterocycles. The van der Waals surface area contributed by atoms with Crippen LogP contribution in [-0.4, -0.2) is 27.5 Å². The van der Waals surface area contributed by atoms with Crippen molar-refractivity contribution < 1.29 is 14.1 Å². The Morgan fingerprint density at radius 2 is 2.23 bits per heavy atom. The van der Waals surface area contributed by atoms with Gasteiger partial charge < -0.3 is 14.6 Å². The van der Waals surface area contributed by atoms with Crippen LogP contribution < -0.4 is 5.32 Å². The highest BCUT2D eigenvalue weighted by molar-refractivity contribution is 6.07. The molecule has 0 atom stereocenters. The molecule has 7 heteroatoms.